The van der Waals surface area contributed by atoms with Crippen LogP contribution in [0.2, 0.25) is 0 Å². The minimum absolute atomic E-state index is 0.154. The van der Waals surface area contributed by atoms with Crippen LogP contribution >= 0.6 is 0 Å². The van der Waals surface area contributed by atoms with E-state index in [0.717, 1.165) is 19.4 Å². The molecule has 3 heteroatoms. The molecule has 3 nitrogen and oxygen atoms in total. The third-order valence-corrected chi connectivity index (χ3v) is 4.58. The van der Waals surface area contributed by atoms with Crippen molar-refractivity contribution in [2.75, 3.05) is 13.2 Å². The van der Waals surface area contributed by atoms with E-state index in [9.17, 15) is 9.90 Å². The zero-order chi connectivity index (χ0) is 13.8. The van der Waals surface area contributed by atoms with Crippen LogP contribution in [0.4, 0.5) is 0 Å². The van der Waals surface area contributed by atoms with Crippen molar-refractivity contribution in [3.63, 3.8) is 0 Å². The van der Waals surface area contributed by atoms with Crippen molar-refractivity contribution >= 4 is 5.91 Å². The average molecular weight is 255 g/mol. The van der Waals surface area contributed by atoms with Gasteiger partial charge in [-0.25, -0.2) is 0 Å². The third kappa shape index (κ3) is 4.60. The summed E-state index contributed by atoms with van der Waals surface area (Å²) in [6.07, 6.45) is 4.03. The lowest BCUT2D eigenvalue weighted by Gasteiger charge is -2.27. The molecule has 1 fully saturated rings. The zero-order valence-electron chi connectivity index (χ0n) is 12.3. The van der Waals surface area contributed by atoms with Gasteiger partial charge in [0.2, 0.25) is 5.91 Å². The molecule has 0 bridgehead atoms. The minimum Gasteiger partial charge on any atom is -0.396 e. The summed E-state index contributed by atoms with van der Waals surface area (Å²) in [4.78, 5) is 11.9. The number of carbonyl (C=O) groups excluding carboxylic acids is 1. The lowest BCUT2D eigenvalue weighted by atomic mass is 9.80. The number of amides is 1. The van der Waals surface area contributed by atoms with Gasteiger partial charge >= 0.3 is 0 Å². The predicted molar refractivity (Wildman–Crippen MR) is 74.2 cm³/mol. The fourth-order valence-corrected chi connectivity index (χ4v) is 2.52. The largest absolute Gasteiger partial charge is 0.396 e. The maximum Gasteiger partial charge on any atom is 0.220 e. The van der Waals surface area contributed by atoms with Crippen molar-refractivity contribution in [3.8, 4) is 0 Å². The van der Waals surface area contributed by atoms with Crippen molar-refractivity contribution in [2.24, 2.45) is 23.2 Å². The van der Waals surface area contributed by atoms with Gasteiger partial charge < -0.3 is 10.4 Å². The van der Waals surface area contributed by atoms with Crippen LogP contribution in [0.15, 0.2) is 0 Å². The number of carbonyl (C=O) groups is 1. The molecule has 1 aliphatic carbocycles. The van der Waals surface area contributed by atoms with E-state index in [1.807, 2.05) is 0 Å². The normalized spacial score (nSPS) is 26.1. The van der Waals surface area contributed by atoms with Crippen LogP contribution in [0.5, 0.6) is 0 Å². The molecule has 3 atom stereocenters. The lowest BCUT2D eigenvalue weighted by molar-refractivity contribution is -0.122. The molecular weight excluding hydrogens is 226 g/mol. The molecule has 1 rings (SSSR count). The van der Waals surface area contributed by atoms with Crippen LogP contribution < -0.4 is 5.32 Å². The smallest absolute Gasteiger partial charge is 0.220 e. The number of aliphatic hydroxyl groups excluding tert-OH is 1. The molecule has 0 aromatic rings. The Morgan fingerprint density at radius 3 is 2.50 bits per heavy atom. The van der Waals surface area contributed by atoms with E-state index in [1.54, 1.807) is 0 Å². The molecule has 1 amide bonds. The van der Waals surface area contributed by atoms with E-state index in [-0.39, 0.29) is 17.9 Å². The molecule has 0 heterocycles. The van der Waals surface area contributed by atoms with Crippen LogP contribution in [0.1, 0.15) is 53.4 Å². The van der Waals surface area contributed by atoms with Crippen LogP contribution in [0.3, 0.4) is 0 Å². The summed E-state index contributed by atoms with van der Waals surface area (Å²) in [5.41, 5.74) is 0.179. The fraction of sp³-hybridized carbons (Fsp3) is 0.933. The summed E-state index contributed by atoms with van der Waals surface area (Å²) >= 11 is 0. The minimum atomic E-state index is 0.154. The van der Waals surface area contributed by atoms with Gasteiger partial charge in [-0.15, -0.1) is 0 Å². The summed E-state index contributed by atoms with van der Waals surface area (Å²) in [5, 5.41) is 12.3. The van der Waals surface area contributed by atoms with Crippen molar-refractivity contribution in [2.45, 2.75) is 53.4 Å². The maximum absolute atomic E-state index is 11.9. The number of hydrogen-bond donors (Lipinski definition) is 2. The summed E-state index contributed by atoms with van der Waals surface area (Å²) in [6, 6.07) is 0. The first kappa shape index (κ1) is 15.5. The van der Waals surface area contributed by atoms with Crippen molar-refractivity contribution < 1.29 is 9.90 Å². The molecule has 0 aromatic heterocycles. The second-order valence-corrected chi connectivity index (χ2v) is 6.91. The Labute approximate surface area is 111 Å². The zero-order valence-corrected chi connectivity index (χ0v) is 12.3. The van der Waals surface area contributed by atoms with Gasteiger partial charge in [0, 0.05) is 19.6 Å². The van der Waals surface area contributed by atoms with E-state index >= 15 is 0 Å². The lowest BCUT2D eigenvalue weighted by Crippen LogP contribution is -2.34. The van der Waals surface area contributed by atoms with E-state index in [0.29, 0.717) is 24.2 Å². The SMILES string of the molecule is CC(CC(=O)NCC1CCCC1CO)C(C)(C)C. The maximum atomic E-state index is 11.9. The van der Waals surface area contributed by atoms with E-state index in [1.165, 1.54) is 6.42 Å². The molecule has 0 spiro atoms. The van der Waals surface area contributed by atoms with Crippen LogP contribution in [-0.2, 0) is 4.79 Å². The molecule has 3 unspecified atom stereocenters. The molecule has 1 aliphatic rings. The quantitative estimate of drug-likeness (QED) is 0.793. The monoisotopic (exact) mass is 255 g/mol. The second-order valence-electron chi connectivity index (χ2n) is 6.91. The number of aliphatic hydroxyl groups is 1. The highest BCUT2D eigenvalue weighted by molar-refractivity contribution is 5.76. The molecule has 18 heavy (non-hydrogen) atoms. The van der Waals surface area contributed by atoms with Crippen LogP contribution in [-0.4, -0.2) is 24.2 Å². The molecule has 2 N–H and O–H groups in total. The number of hydrogen-bond acceptors (Lipinski definition) is 2. The predicted octanol–water partition coefficient (Wildman–Crippen LogP) is 2.58. The molecule has 1 saturated carbocycles. The molecule has 0 aliphatic heterocycles. The van der Waals surface area contributed by atoms with Crippen molar-refractivity contribution in [1.29, 1.82) is 0 Å². The third-order valence-electron chi connectivity index (χ3n) is 4.58. The first-order chi connectivity index (χ1) is 8.34. The molecule has 0 radical (unpaired) electrons. The summed E-state index contributed by atoms with van der Waals surface area (Å²) in [6.45, 7) is 9.64. The standard InChI is InChI=1S/C15H29NO2/c1-11(15(2,3)4)8-14(18)16-9-12-6-5-7-13(12)10-17/h11-13,17H,5-10H2,1-4H3,(H,16,18). The van der Waals surface area contributed by atoms with Crippen LogP contribution in [0, 0.1) is 23.2 Å². The molecule has 0 saturated heterocycles. The first-order valence-corrected chi connectivity index (χ1v) is 7.22. The summed E-state index contributed by atoms with van der Waals surface area (Å²) in [5.74, 6) is 1.41. The second kappa shape index (κ2) is 6.55. The topological polar surface area (TPSA) is 49.3 Å². The van der Waals surface area contributed by atoms with E-state index < -0.39 is 0 Å². The van der Waals surface area contributed by atoms with Gasteiger partial charge in [-0.05, 0) is 36.0 Å². The van der Waals surface area contributed by atoms with E-state index in [4.69, 9.17) is 0 Å². The Morgan fingerprint density at radius 1 is 1.33 bits per heavy atom. The van der Waals surface area contributed by atoms with Gasteiger partial charge in [-0.2, -0.15) is 0 Å². The summed E-state index contributed by atoms with van der Waals surface area (Å²) < 4.78 is 0. The van der Waals surface area contributed by atoms with Gasteiger partial charge in [-0.3, -0.25) is 4.79 Å². The van der Waals surface area contributed by atoms with Gasteiger partial charge in [-0.1, -0.05) is 34.1 Å². The van der Waals surface area contributed by atoms with Crippen LogP contribution in [0.25, 0.3) is 0 Å². The average Bonchev–Trinajstić information content (AvgIpc) is 2.72. The number of rotatable bonds is 5. The van der Waals surface area contributed by atoms with Gasteiger partial charge in [0.15, 0.2) is 0 Å². The highest BCUT2D eigenvalue weighted by Gasteiger charge is 2.27. The Balaban J connectivity index is 2.29. The fourth-order valence-electron chi connectivity index (χ4n) is 2.52. The molecular formula is C15H29NO2. The van der Waals surface area contributed by atoms with Gasteiger partial charge in [0.05, 0.1) is 0 Å². The molecule has 0 aromatic carbocycles. The first-order valence-electron chi connectivity index (χ1n) is 7.22. The highest BCUT2D eigenvalue weighted by atomic mass is 16.3. The molecule has 106 valence electrons. The Morgan fingerprint density at radius 2 is 1.94 bits per heavy atom. The Kier molecular flexibility index (Phi) is 5.64. The van der Waals surface area contributed by atoms with Gasteiger partial charge in [0.25, 0.3) is 0 Å². The number of nitrogens with one attached hydrogen (secondary N) is 1. The highest BCUT2D eigenvalue weighted by Crippen LogP contribution is 2.31. The van der Waals surface area contributed by atoms with E-state index in [2.05, 4.69) is 33.0 Å². The summed E-state index contributed by atoms with van der Waals surface area (Å²) in [7, 11) is 0. The van der Waals surface area contributed by atoms with Crippen molar-refractivity contribution in [1.82, 2.24) is 5.32 Å². The van der Waals surface area contributed by atoms with Crippen molar-refractivity contribution in [3.05, 3.63) is 0 Å². The Bertz CT molecular complexity index is 270. The Hall–Kier alpha value is -0.570. The van der Waals surface area contributed by atoms with Gasteiger partial charge in [0.1, 0.15) is 0 Å².